The van der Waals surface area contributed by atoms with Crippen LogP contribution >= 0.6 is 11.8 Å². The van der Waals surface area contributed by atoms with Crippen molar-refractivity contribution >= 4 is 41.4 Å². The Morgan fingerprint density at radius 3 is 2.15 bits per heavy atom. The summed E-state index contributed by atoms with van der Waals surface area (Å²) < 4.78 is 96.4. The number of halogens is 6. The second-order valence-electron chi connectivity index (χ2n) is 11.7. The van der Waals surface area contributed by atoms with Crippen molar-refractivity contribution in [2.45, 2.75) is 80.6 Å². The maximum atomic E-state index is 14.4. The monoisotopic (exact) mass is 700 g/mol. The zero-order valence-corrected chi connectivity index (χ0v) is 27.4. The molecule has 0 aromatic heterocycles. The molecule has 0 bridgehead atoms. The number of hydrogen-bond donors (Lipinski definition) is 1. The van der Waals surface area contributed by atoms with Gasteiger partial charge >= 0.3 is 24.3 Å². The summed E-state index contributed by atoms with van der Waals surface area (Å²) in [6, 6.07) is 8.30. The van der Waals surface area contributed by atoms with Crippen molar-refractivity contribution < 1.29 is 50.2 Å². The number of anilines is 1. The van der Waals surface area contributed by atoms with Crippen LogP contribution in [0.2, 0.25) is 0 Å². The van der Waals surface area contributed by atoms with E-state index in [2.05, 4.69) is 5.32 Å². The van der Waals surface area contributed by atoms with E-state index < -0.39 is 51.7 Å². The van der Waals surface area contributed by atoms with Gasteiger partial charge in [-0.25, -0.2) is 0 Å². The van der Waals surface area contributed by atoms with Crippen molar-refractivity contribution in [1.29, 1.82) is 0 Å². The van der Waals surface area contributed by atoms with E-state index in [1.807, 2.05) is 0 Å². The van der Waals surface area contributed by atoms with Gasteiger partial charge in [0.05, 0.1) is 36.2 Å². The zero-order chi connectivity index (χ0) is 35.1. The first-order valence-electron chi connectivity index (χ1n) is 15.9. The minimum absolute atomic E-state index is 0.000291. The van der Waals surface area contributed by atoms with Gasteiger partial charge in [-0.05, 0) is 88.3 Å². The quantitative estimate of drug-likeness (QED) is 0.152. The number of ether oxygens (including phenoxy) is 2. The standard InChI is InChI=1S/C34H38F6N2O5S/c1-3-46-31(44)22-10-14-24(15-11-22)41-25-8-5-9-26(19-25)48-27-16-12-21(29(33(35,36)37)30(27)34(38,39)40)13-17-28(43)42-18-6-7-23(20-42)32(45)47-4-2/h5,8-9,12-13,16-17,19,22-24,41H,3-4,6-7,10-11,14-15,18,20H2,1-2H3. The summed E-state index contributed by atoms with van der Waals surface area (Å²) in [6.07, 6.45) is -5.67. The predicted molar refractivity (Wildman–Crippen MR) is 168 cm³/mol. The molecule has 262 valence electrons. The lowest BCUT2D eigenvalue weighted by molar-refractivity contribution is -0.163. The highest BCUT2D eigenvalue weighted by Crippen LogP contribution is 2.48. The number of piperidine rings is 1. The van der Waals surface area contributed by atoms with Crippen LogP contribution in [-0.4, -0.2) is 55.1 Å². The van der Waals surface area contributed by atoms with E-state index in [4.69, 9.17) is 9.47 Å². The average molecular weight is 701 g/mol. The molecule has 1 atom stereocenters. The third-order valence-corrected chi connectivity index (χ3v) is 9.35. The van der Waals surface area contributed by atoms with E-state index in [1.54, 1.807) is 32.0 Å². The molecule has 2 fully saturated rings. The molecular weight excluding hydrogens is 662 g/mol. The number of nitrogens with zero attached hydrogens (tertiary/aromatic N) is 1. The summed E-state index contributed by atoms with van der Waals surface area (Å²) in [6.45, 7) is 4.09. The van der Waals surface area contributed by atoms with Crippen molar-refractivity contribution in [1.82, 2.24) is 4.90 Å². The van der Waals surface area contributed by atoms with E-state index in [-0.39, 0.29) is 37.6 Å². The van der Waals surface area contributed by atoms with Crippen LogP contribution in [0.5, 0.6) is 0 Å². The molecule has 0 spiro atoms. The van der Waals surface area contributed by atoms with Crippen LogP contribution in [0.4, 0.5) is 32.0 Å². The lowest BCUT2D eigenvalue weighted by Gasteiger charge is -2.30. The Hall–Kier alpha value is -3.68. The Kier molecular flexibility index (Phi) is 12.5. The van der Waals surface area contributed by atoms with Gasteiger partial charge in [0.1, 0.15) is 0 Å². The Labute approximate surface area is 279 Å². The van der Waals surface area contributed by atoms with Gasteiger partial charge in [-0.1, -0.05) is 23.9 Å². The number of hydrogen-bond acceptors (Lipinski definition) is 7. The van der Waals surface area contributed by atoms with Gasteiger partial charge in [-0.3, -0.25) is 14.4 Å². The molecule has 4 rings (SSSR count). The van der Waals surface area contributed by atoms with Crippen LogP contribution in [0.15, 0.2) is 52.3 Å². The molecule has 2 aromatic rings. The number of alkyl halides is 6. The Balaban J connectivity index is 1.55. The number of benzene rings is 2. The first-order chi connectivity index (χ1) is 22.7. The van der Waals surface area contributed by atoms with Crippen molar-refractivity contribution in [3.05, 3.63) is 59.2 Å². The fourth-order valence-corrected chi connectivity index (χ4v) is 7.09. The number of nitrogens with one attached hydrogen (secondary N) is 1. The molecule has 1 aliphatic heterocycles. The maximum absolute atomic E-state index is 14.4. The van der Waals surface area contributed by atoms with E-state index in [9.17, 15) is 40.7 Å². The van der Waals surface area contributed by atoms with Gasteiger partial charge in [-0.2, -0.15) is 26.3 Å². The number of carbonyl (C=O) groups excluding carboxylic acids is 3. The minimum Gasteiger partial charge on any atom is -0.466 e. The van der Waals surface area contributed by atoms with Gasteiger partial charge in [-0.15, -0.1) is 0 Å². The molecule has 48 heavy (non-hydrogen) atoms. The van der Waals surface area contributed by atoms with Crippen LogP contribution in [0.1, 0.15) is 69.1 Å². The van der Waals surface area contributed by atoms with E-state index >= 15 is 0 Å². The molecule has 1 amide bonds. The van der Waals surface area contributed by atoms with Crippen LogP contribution in [-0.2, 0) is 36.2 Å². The van der Waals surface area contributed by atoms with Crippen LogP contribution in [0.25, 0.3) is 6.08 Å². The summed E-state index contributed by atoms with van der Waals surface area (Å²) in [7, 11) is 0. The number of amides is 1. The third-order valence-electron chi connectivity index (χ3n) is 8.30. The van der Waals surface area contributed by atoms with Gasteiger partial charge in [0, 0.05) is 40.7 Å². The smallest absolute Gasteiger partial charge is 0.418 e. The molecule has 1 aliphatic carbocycles. The van der Waals surface area contributed by atoms with Gasteiger partial charge in [0.25, 0.3) is 0 Å². The first kappa shape index (κ1) is 37.1. The molecule has 7 nitrogen and oxygen atoms in total. The zero-order valence-electron chi connectivity index (χ0n) is 26.6. The molecule has 2 aromatic carbocycles. The molecule has 1 saturated heterocycles. The fraction of sp³-hybridized carbons (Fsp3) is 0.500. The van der Waals surface area contributed by atoms with Gasteiger partial charge in [0.2, 0.25) is 5.91 Å². The molecule has 0 radical (unpaired) electrons. The summed E-state index contributed by atoms with van der Waals surface area (Å²) in [4.78, 5) is 37.9. The predicted octanol–water partition coefficient (Wildman–Crippen LogP) is 8.22. The molecular formula is C34H38F6N2O5S. The van der Waals surface area contributed by atoms with Crippen LogP contribution < -0.4 is 5.32 Å². The van der Waals surface area contributed by atoms with Crippen LogP contribution in [0, 0.1) is 11.8 Å². The fourth-order valence-electron chi connectivity index (χ4n) is 6.05. The van der Waals surface area contributed by atoms with E-state index in [0.717, 1.165) is 24.3 Å². The Morgan fingerprint density at radius 1 is 0.875 bits per heavy atom. The lowest BCUT2D eigenvalue weighted by Crippen LogP contribution is -2.42. The third kappa shape index (κ3) is 9.70. The molecule has 1 saturated carbocycles. The Morgan fingerprint density at radius 2 is 1.52 bits per heavy atom. The molecule has 14 heteroatoms. The van der Waals surface area contributed by atoms with Crippen molar-refractivity contribution in [3.8, 4) is 0 Å². The van der Waals surface area contributed by atoms with Crippen molar-refractivity contribution in [3.63, 3.8) is 0 Å². The summed E-state index contributed by atoms with van der Waals surface area (Å²) in [5, 5.41) is 3.32. The topological polar surface area (TPSA) is 84.9 Å². The van der Waals surface area contributed by atoms with Gasteiger partial charge < -0.3 is 19.7 Å². The van der Waals surface area contributed by atoms with Crippen molar-refractivity contribution in [2.75, 3.05) is 31.6 Å². The first-order valence-corrected chi connectivity index (χ1v) is 16.7. The second-order valence-corrected chi connectivity index (χ2v) is 12.8. The summed E-state index contributed by atoms with van der Waals surface area (Å²) >= 11 is 0.556. The second kappa shape index (κ2) is 16.1. The highest BCUT2D eigenvalue weighted by Gasteiger charge is 2.46. The largest absolute Gasteiger partial charge is 0.466 e. The molecule has 1 unspecified atom stereocenters. The number of esters is 2. The maximum Gasteiger partial charge on any atom is 0.418 e. The van der Waals surface area contributed by atoms with E-state index in [1.165, 1.54) is 11.0 Å². The van der Waals surface area contributed by atoms with Crippen molar-refractivity contribution in [2.24, 2.45) is 11.8 Å². The highest BCUT2D eigenvalue weighted by atomic mass is 32.2. The average Bonchev–Trinajstić information content (AvgIpc) is 3.03. The summed E-state index contributed by atoms with van der Waals surface area (Å²) in [5.41, 5.74) is -3.95. The molecule has 1 heterocycles. The van der Waals surface area contributed by atoms with Crippen LogP contribution in [0.3, 0.4) is 0 Å². The number of carbonyl (C=O) groups is 3. The minimum atomic E-state index is -5.39. The molecule has 1 N–H and O–H groups in total. The SMILES string of the molecule is CCOC(=O)C1CCC(Nc2cccc(Sc3ccc(C=CC(=O)N4CCCC(C(=O)OCC)C4)c(C(F)(F)F)c3C(F)(F)F)c2)CC1. The highest BCUT2D eigenvalue weighted by molar-refractivity contribution is 7.99. The normalized spacial score (nSPS) is 20.4. The van der Waals surface area contributed by atoms with Gasteiger partial charge in [0.15, 0.2) is 0 Å². The number of rotatable bonds is 10. The lowest BCUT2D eigenvalue weighted by atomic mass is 9.86. The summed E-state index contributed by atoms with van der Waals surface area (Å²) in [5.74, 6) is -2.20. The Bertz CT molecular complexity index is 1490. The van der Waals surface area contributed by atoms with E-state index in [0.29, 0.717) is 67.5 Å². The molecule has 2 aliphatic rings. The number of likely N-dealkylation sites (tertiary alicyclic amines) is 1.